The van der Waals surface area contributed by atoms with Crippen molar-refractivity contribution in [3.63, 3.8) is 0 Å². The third-order valence-corrected chi connectivity index (χ3v) is 1.96. The van der Waals surface area contributed by atoms with E-state index in [1.165, 1.54) is 0 Å². The maximum atomic E-state index is 5.47. The smallest absolute Gasteiger partial charge is 0.120 e. The van der Waals surface area contributed by atoms with Crippen LogP contribution in [-0.2, 0) is 4.74 Å². The average molecular weight is 192 g/mol. The molecule has 0 aliphatic rings. The molecule has 76 valence electrons. The van der Waals surface area contributed by atoms with Crippen molar-refractivity contribution in [2.24, 2.45) is 0 Å². The van der Waals surface area contributed by atoms with Crippen LogP contribution in [0.4, 0.5) is 0 Å². The second-order valence-corrected chi connectivity index (χ2v) is 3.24. The predicted molar refractivity (Wildman–Crippen MR) is 57.3 cm³/mol. The van der Waals surface area contributed by atoms with Crippen molar-refractivity contribution in [3.05, 3.63) is 42.2 Å². The Morgan fingerprint density at radius 2 is 1.86 bits per heavy atom. The van der Waals surface area contributed by atoms with Gasteiger partial charge in [-0.3, -0.25) is 0 Å². The average Bonchev–Trinajstić information content (AvgIpc) is 2.17. The highest BCUT2D eigenvalue weighted by atomic mass is 16.5. The molecule has 1 unspecified atom stereocenters. The minimum atomic E-state index is 0.0402. The van der Waals surface area contributed by atoms with Gasteiger partial charge in [-0.1, -0.05) is 18.7 Å². The Hall–Kier alpha value is -1.44. The molecule has 0 aliphatic heterocycles. The first-order chi connectivity index (χ1) is 6.63. The van der Waals surface area contributed by atoms with Gasteiger partial charge in [0.15, 0.2) is 0 Å². The van der Waals surface area contributed by atoms with Gasteiger partial charge in [-0.2, -0.15) is 0 Å². The number of rotatable bonds is 4. The summed E-state index contributed by atoms with van der Waals surface area (Å²) in [7, 11) is 1.66. The summed E-state index contributed by atoms with van der Waals surface area (Å²) in [6.45, 7) is 7.55. The quantitative estimate of drug-likeness (QED) is 0.681. The summed E-state index contributed by atoms with van der Waals surface area (Å²) in [5.74, 6) is 1.59. The second kappa shape index (κ2) is 4.70. The zero-order valence-corrected chi connectivity index (χ0v) is 8.91. The Bertz CT molecular complexity index is 301. The molecule has 0 saturated carbocycles. The largest absolute Gasteiger partial charge is 0.497 e. The number of ether oxygens (including phenoxy) is 2. The van der Waals surface area contributed by atoms with Gasteiger partial charge in [0, 0.05) is 0 Å². The first-order valence-corrected chi connectivity index (χ1v) is 4.59. The molecule has 0 aromatic heterocycles. The monoisotopic (exact) mass is 192 g/mol. The number of hydrogen-bond donors (Lipinski definition) is 0. The van der Waals surface area contributed by atoms with Gasteiger partial charge >= 0.3 is 0 Å². The molecule has 0 spiro atoms. The van der Waals surface area contributed by atoms with Crippen molar-refractivity contribution in [1.82, 2.24) is 0 Å². The molecule has 0 aliphatic carbocycles. The Morgan fingerprint density at radius 1 is 1.29 bits per heavy atom. The predicted octanol–water partition coefficient (Wildman–Crippen LogP) is 3.31. The molecule has 2 nitrogen and oxygen atoms in total. The van der Waals surface area contributed by atoms with E-state index in [1.54, 1.807) is 7.11 Å². The summed E-state index contributed by atoms with van der Waals surface area (Å²) in [6, 6.07) is 7.83. The Balaban J connectivity index is 2.71. The molecule has 1 aromatic rings. The molecule has 0 fully saturated rings. The van der Waals surface area contributed by atoms with Crippen molar-refractivity contribution in [2.45, 2.75) is 20.0 Å². The molecule has 0 bridgehead atoms. The van der Waals surface area contributed by atoms with Gasteiger partial charge in [-0.25, -0.2) is 0 Å². The highest BCUT2D eigenvalue weighted by molar-refractivity contribution is 5.28. The first kappa shape index (κ1) is 10.6. The van der Waals surface area contributed by atoms with Crippen molar-refractivity contribution < 1.29 is 9.47 Å². The summed E-state index contributed by atoms with van der Waals surface area (Å²) < 4.78 is 10.5. The van der Waals surface area contributed by atoms with Crippen LogP contribution in [0, 0.1) is 0 Å². The van der Waals surface area contributed by atoms with E-state index >= 15 is 0 Å². The first-order valence-electron chi connectivity index (χ1n) is 4.59. The number of hydrogen-bond acceptors (Lipinski definition) is 2. The molecule has 0 radical (unpaired) electrons. The fourth-order valence-corrected chi connectivity index (χ4v) is 1.24. The van der Waals surface area contributed by atoms with Gasteiger partial charge in [0.1, 0.15) is 11.9 Å². The van der Waals surface area contributed by atoms with Crippen LogP contribution in [0.25, 0.3) is 0 Å². The van der Waals surface area contributed by atoms with Gasteiger partial charge in [0.25, 0.3) is 0 Å². The number of allylic oxidation sites excluding steroid dienone is 1. The molecule has 1 aromatic carbocycles. The normalized spacial score (nSPS) is 11.9. The molecule has 0 amide bonds. The van der Waals surface area contributed by atoms with E-state index in [0.717, 1.165) is 17.1 Å². The number of benzene rings is 1. The van der Waals surface area contributed by atoms with Gasteiger partial charge in [-0.15, -0.1) is 0 Å². The number of methoxy groups -OCH3 is 1. The van der Waals surface area contributed by atoms with E-state index < -0.39 is 0 Å². The highest BCUT2D eigenvalue weighted by Gasteiger charge is 2.05. The summed E-state index contributed by atoms with van der Waals surface area (Å²) >= 11 is 0. The Morgan fingerprint density at radius 3 is 2.29 bits per heavy atom. The Labute approximate surface area is 85.2 Å². The minimum Gasteiger partial charge on any atom is -0.497 e. The zero-order chi connectivity index (χ0) is 10.6. The SMILES string of the molecule is C=C(C)OC(C)c1ccc(OC)cc1. The lowest BCUT2D eigenvalue weighted by atomic mass is 10.1. The van der Waals surface area contributed by atoms with E-state index in [1.807, 2.05) is 38.1 Å². The summed E-state index contributed by atoms with van der Waals surface area (Å²) in [5, 5.41) is 0. The topological polar surface area (TPSA) is 18.5 Å². The fraction of sp³-hybridized carbons (Fsp3) is 0.333. The molecule has 14 heavy (non-hydrogen) atoms. The molecule has 0 heterocycles. The maximum absolute atomic E-state index is 5.47. The van der Waals surface area contributed by atoms with E-state index in [4.69, 9.17) is 9.47 Å². The van der Waals surface area contributed by atoms with Crippen LogP contribution in [0.1, 0.15) is 25.5 Å². The molecule has 0 saturated heterocycles. The van der Waals surface area contributed by atoms with E-state index in [0.29, 0.717) is 0 Å². The van der Waals surface area contributed by atoms with Crippen molar-refractivity contribution >= 4 is 0 Å². The minimum absolute atomic E-state index is 0.0402. The van der Waals surface area contributed by atoms with Gasteiger partial charge < -0.3 is 9.47 Å². The van der Waals surface area contributed by atoms with E-state index in [-0.39, 0.29) is 6.10 Å². The van der Waals surface area contributed by atoms with E-state index in [9.17, 15) is 0 Å². The van der Waals surface area contributed by atoms with Crippen molar-refractivity contribution in [1.29, 1.82) is 0 Å². The van der Waals surface area contributed by atoms with Gasteiger partial charge in [0.05, 0.1) is 12.9 Å². The van der Waals surface area contributed by atoms with Crippen LogP contribution in [-0.4, -0.2) is 7.11 Å². The van der Waals surface area contributed by atoms with Crippen LogP contribution in [0.2, 0.25) is 0 Å². The zero-order valence-electron chi connectivity index (χ0n) is 8.91. The molecule has 0 N–H and O–H groups in total. The lowest BCUT2D eigenvalue weighted by molar-refractivity contribution is 0.136. The van der Waals surface area contributed by atoms with Crippen LogP contribution >= 0.6 is 0 Å². The fourth-order valence-electron chi connectivity index (χ4n) is 1.24. The summed E-state index contributed by atoms with van der Waals surface area (Å²) in [6.07, 6.45) is 0.0402. The molecule has 2 heteroatoms. The standard InChI is InChI=1S/C12H16O2/c1-9(2)14-10(3)11-5-7-12(13-4)8-6-11/h5-8,10H,1H2,2-4H3. The van der Waals surface area contributed by atoms with Gasteiger partial charge in [-0.05, 0) is 31.5 Å². The van der Waals surface area contributed by atoms with Crippen LogP contribution in [0.5, 0.6) is 5.75 Å². The molecular formula is C12H16O2. The lowest BCUT2D eigenvalue weighted by Crippen LogP contribution is -1.97. The molecule has 1 atom stereocenters. The summed E-state index contributed by atoms with van der Waals surface area (Å²) in [5.41, 5.74) is 1.12. The van der Waals surface area contributed by atoms with Gasteiger partial charge in [0.2, 0.25) is 0 Å². The van der Waals surface area contributed by atoms with Crippen molar-refractivity contribution in [2.75, 3.05) is 7.11 Å². The van der Waals surface area contributed by atoms with E-state index in [2.05, 4.69) is 6.58 Å². The second-order valence-electron chi connectivity index (χ2n) is 3.24. The lowest BCUT2D eigenvalue weighted by Gasteiger charge is -2.14. The van der Waals surface area contributed by atoms with Crippen LogP contribution < -0.4 is 4.74 Å². The van der Waals surface area contributed by atoms with Crippen LogP contribution in [0.3, 0.4) is 0 Å². The summed E-state index contributed by atoms with van der Waals surface area (Å²) in [4.78, 5) is 0. The Kier molecular flexibility index (Phi) is 3.57. The molecular weight excluding hydrogens is 176 g/mol. The highest BCUT2D eigenvalue weighted by Crippen LogP contribution is 2.21. The van der Waals surface area contributed by atoms with Crippen LogP contribution in [0.15, 0.2) is 36.6 Å². The third kappa shape index (κ3) is 2.80. The van der Waals surface area contributed by atoms with Crippen molar-refractivity contribution in [3.8, 4) is 5.75 Å². The maximum Gasteiger partial charge on any atom is 0.120 e. The molecule has 1 rings (SSSR count). The third-order valence-electron chi connectivity index (χ3n) is 1.96.